The number of hydrogen-bond donors (Lipinski definition) is 1. The Morgan fingerprint density at radius 1 is 1.31 bits per heavy atom. The van der Waals surface area contributed by atoms with E-state index in [0.717, 1.165) is 6.42 Å². The maximum atomic E-state index is 13.7. The first-order valence-electron chi connectivity index (χ1n) is 5.96. The van der Waals surface area contributed by atoms with Crippen molar-refractivity contribution in [3.63, 3.8) is 0 Å². The molecule has 3 fully saturated rings. The van der Waals surface area contributed by atoms with Gasteiger partial charge in [0.1, 0.15) is 0 Å². The number of carboxylic acids is 1. The van der Waals surface area contributed by atoms with Gasteiger partial charge in [0.2, 0.25) is 0 Å². The van der Waals surface area contributed by atoms with Crippen molar-refractivity contribution < 1.29 is 18.7 Å². The van der Waals surface area contributed by atoms with Crippen LogP contribution in [-0.2, 0) is 4.79 Å². The van der Waals surface area contributed by atoms with Gasteiger partial charge in [-0.2, -0.15) is 0 Å². The molecule has 0 amide bonds. The smallest absolute Gasteiger partial charge is 0.303 e. The van der Waals surface area contributed by atoms with E-state index in [-0.39, 0.29) is 36.0 Å². The lowest BCUT2D eigenvalue weighted by Gasteiger charge is -2.55. The van der Waals surface area contributed by atoms with E-state index in [1.807, 2.05) is 6.92 Å². The summed E-state index contributed by atoms with van der Waals surface area (Å²) >= 11 is 0. The van der Waals surface area contributed by atoms with Gasteiger partial charge in [-0.05, 0) is 36.0 Å². The van der Waals surface area contributed by atoms with Gasteiger partial charge in [0, 0.05) is 12.3 Å². The largest absolute Gasteiger partial charge is 0.481 e. The van der Waals surface area contributed by atoms with Crippen LogP contribution in [0.25, 0.3) is 0 Å². The van der Waals surface area contributed by atoms with Crippen molar-refractivity contribution in [2.24, 2.45) is 29.1 Å². The summed E-state index contributed by atoms with van der Waals surface area (Å²) in [5, 5.41) is 8.90. The van der Waals surface area contributed by atoms with E-state index in [1.54, 1.807) is 0 Å². The fourth-order valence-corrected chi connectivity index (χ4v) is 4.85. The van der Waals surface area contributed by atoms with Gasteiger partial charge in [-0.25, -0.2) is 8.78 Å². The summed E-state index contributed by atoms with van der Waals surface area (Å²) < 4.78 is 27.4. The molecular weight excluding hydrogens is 214 g/mol. The summed E-state index contributed by atoms with van der Waals surface area (Å²) in [5.74, 6) is -3.56. The number of alkyl halides is 2. The van der Waals surface area contributed by atoms with Gasteiger partial charge in [-0.3, -0.25) is 4.79 Å². The van der Waals surface area contributed by atoms with E-state index in [2.05, 4.69) is 0 Å². The number of halogens is 2. The highest BCUT2D eigenvalue weighted by Gasteiger charge is 2.73. The minimum atomic E-state index is -2.54. The van der Waals surface area contributed by atoms with Crippen LogP contribution in [0.1, 0.15) is 32.6 Å². The van der Waals surface area contributed by atoms with E-state index in [1.165, 1.54) is 0 Å². The fraction of sp³-hybridized carbons (Fsp3) is 0.917. The number of carboxylic acid groups (broad SMARTS) is 1. The zero-order valence-corrected chi connectivity index (χ0v) is 9.25. The van der Waals surface area contributed by atoms with E-state index in [9.17, 15) is 13.6 Å². The molecule has 3 saturated carbocycles. The molecule has 2 nitrogen and oxygen atoms in total. The predicted molar refractivity (Wildman–Crippen MR) is 53.1 cm³/mol. The Morgan fingerprint density at radius 3 is 2.56 bits per heavy atom. The maximum Gasteiger partial charge on any atom is 0.303 e. The van der Waals surface area contributed by atoms with Crippen molar-refractivity contribution in [1.29, 1.82) is 0 Å². The normalized spacial score (nSPS) is 52.2. The Morgan fingerprint density at radius 2 is 1.94 bits per heavy atom. The molecule has 0 aromatic rings. The van der Waals surface area contributed by atoms with Crippen molar-refractivity contribution >= 4 is 5.97 Å². The number of aliphatic carboxylic acids is 1. The number of carbonyl (C=O) groups is 1. The summed E-state index contributed by atoms with van der Waals surface area (Å²) in [6.07, 6.45) is 1.36. The van der Waals surface area contributed by atoms with Gasteiger partial charge in [0.25, 0.3) is 5.92 Å². The molecule has 1 N–H and O–H groups in total. The molecule has 0 radical (unpaired) electrons. The van der Waals surface area contributed by atoms with Crippen LogP contribution in [0.4, 0.5) is 8.78 Å². The lowest BCUT2D eigenvalue weighted by Crippen LogP contribution is -2.52. The Kier molecular flexibility index (Phi) is 1.81. The Labute approximate surface area is 93.0 Å². The van der Waals surface area contributed by atoms with Gasteiger partial charge in [0.05, 0.1) is 6.42 Å². The first-order chi connectivity index (χ1) is 7.36. The molecular formula is C12H16F2O2. The first-order valence-corrected chi connectivity index (χ1v) is 5.96. The summed E-state index contributed by atoms with van der Waals surface area (Å²) in [4.78, 5) is 10.8. The Bertz CT molecular complexity index is 355. The molecule has 3 aliphatic carbocycles. The van der Waals surface area contributed by atoms with Crippen molar-refractivity contribution in [3.8, 4) is 0 Å². The van der Waals surface area contributed by atoms with Gasteiger partial charge >= 0.3 is 5.97 Å². The van der Waals surface area contributed by atoms with Crippen LogP contribution >= 0.6 is 0 Å². The quantitative estimate of drug-likeness (QED) is 0.792. The minimum absolute atomic E-state index is 0.0572. The second-order valence-corrected chi connectivity index (χ2v) is 6.02. The fourth-order valence-electron chi connectivity index (χ4n) is 4.85. The first kappa shape index (κ1) is 10.5. The standard InChI is InChI=1S/C12H16F2O2/c1-11(5-9(15)16)6-2-3-7-10(6)8(11)4-12(7,13)14/h6-8,10H,2-5H2,1H3,(H,15,16)/t6-,7?,8?,10-,11-/m0/s1. The van der Waals surface area contributed by atoms with E-state index in [0.29, 0.717) is 6.42 Å². The Balaban J connectivity index is 1.90. The molecule has 0 aliphatic heterocycles. The zero-order chi connectivity index (χ0) is 11.7. The summed E-state index contributed by atoms with van der Waals surface area (Å²) in [5.41, 5.74) is -0.370. The molecule has 0 aromatic heterocycles. The molecule has 3 aliphatic rings. The summed E-state index contributed by atoms with van der Waals surface area (Å²) in [7, 11) is 0. The van der Waals surface area contributed by atoms with Gasteiger partial charge in [-0.1, -0.05) is 6.92 Å². The highest BCUT2D eigenvalue weighted by atomic mass is 19.3. The Hall–Kier alpha value is -0.670. The maximum absolute atomic E-state index is 13.7. The summed E-state index contributed by atoms with van der Waals surface area (Å²) in [6, 6.07) is 0. The molecule has 0 aromatic carbocycles. The average molecular weight is 230 g/mol. The van der Waals surface area contributed by atoms with Crippen LogP contribution in [0.2, 0.25) is 0 Å². The lowest BCUT2D eigenvalue weighted by molar-refractivity contribution is -0.152. The molecule has 0 spiro atoms. The van der Waals surface area contributed by atoms with Crippen LogP contribution in [-0.4, -0.2) is 17.0 Å². The molecule has 90 valence electrons. The van der Waals surface area contributed by atoms with Gasteiger partial charge in [-0.15, -0.1) is 0 Å². The molecule has 4 heteroatoms. The zero-order valence-electron chi connectivity index (χ0n) is 9.25. The van der Waals surface area contributed by atoms with Crippen LogP contribution in [0.5, 0.6) is 0 Å². The molecule has 3 rings (SSSR count). The monoisotopic (exact) mass is 230 g/mol. The van der Waals surface area contributed by atoms with E-state index in [4.69, 9.17) is 5.11 Å². The third-order valence-corrected chi connectivity index (χ3v) is 5.44. The molecule has 2 unspecified atom stereocenters. The molecule has 0 saturated heterocycles. The topological polar surface area (TPSA) is 37.3 Å². The molecule has 0 bridgehead atoms. The van der Waals surface area contributed by atoms with Crippen LogP contribution in [0.15, 0.2) is 0 Å². The van der Waals surface area contributed by atoms with Gasteiger partial charge < -0.3 is 5.11 Å². The van der Waals surface area contributed by atoms with Crippen molar-refractivity contribution in [3.05, 3.63) is 0 Å². The number of hydrogen-bond acceptors (Lipinski definition) is 1. The number of rotatable bonds is 2. The van der Waals surface area contributed by atoms with Gasteiger partial charge in [0.15, 0.2) is 0 Å². The van der Waals surface area contributed by atoms with Crippen LogP contribution in [0.3, 0.4) is 0 Å². The molecule has 5 atom stereocenters. The van der Waals surface area contributed by atoms with E-state index < -0.39 is 17.8 Å². The molecule has 16 heavy (non-hydrogen) atoms. The highest BCUT2D eigenvalue weighted by molar-refractivity contribution is 5.68. The summed E-state index contributed by atoms with van der Waals surface area (Å²) in [6.45, 7) is 1.90. The second-order valence-electron chi connectivity index (χ2n) is 6.02. The minimum Gasteiger partial charge on any atom is -0.481 e. The SMILES string of the molecule is C[C@@]1(CC(=O)O)C2CC(F)(F)C3CC[C@H]1[C@@H]32. The third kappa shape index (κ3) is 1.03. The van der Waals surface area contributed by atoms with Crippen molar-refractivity contribution in [1.82, 2.24) is 0 Å². The van der Waals surface area contributed by atoms with Crippen LogP contribution in [0, 0.1) is 29.1 Å². The third-order valence-electron chi connectivity index (χ3n) is 5.44. The predicted octanol–water partition coefficient (Wildman–Crippen LogP) is 2.78. The lowest BCUT2D eigenvalue weighted by atomic mass is 9.48. The highest BCUT2D eigenvalue weighted by Crippen LogP contribution is 2.74. The van der Waals surface area contributed by atoms with Crippen molar-refractivity contribution in [2.75, 3.05) is 0 Å². The second kappa shape index (κ2) is 2.77. The van der Waals surface area contributed by atoms with Crippen LogP contribution < -0.4 is 0 Å². The van der Waals surface area contributed by atoms with E-state index >= 15 is 0 Å². The average Bonchev–Trinajstić information content (AvgIpc) is 2.63. The van der Waals surface area contributed by atoms with Crippen molar-refractivity contribution in [2.45, 2.75) is 38.5 Å². The molecule has 0 heterocycles.